The normalized spacial score (nSPS) is 15.9. The highest BCUT2D eigenvalue weighted by Crippen LogP contribution is 2.43. The SMILES string of the molecule is O=C1Nc2ccc(I)cc2/C1=C1\OCc2cc(N(Cc3ccccc3)Cc3ccccc3)ccc21. The molecule has 1 N–H and O–H groups in total. The Morgan fingerprint density at radius 3 is 2.17 bits per heavy atom. The second kappa shape index (κ2) is 9.23. The van der Waals surface area contributed by atoms with E-state index in [0.29, 0.717) is 17.9 Å². The molecule has 4 nitrogen and oxygen atoms in total. The Bertz CT molecular complexity index is 1410. The third kappa shape index (κ3) is 4.32. The number of halogens is 1. The zero-order chi connectivity index (χ0) is 23.8. The third-order valence-corrected chi connectivity index (χ3v) is 7.13. The smallest absolute Gasteiger partial charge is 0.260 e. The number of anilines is 2. The maximum absolute atomic E-state index is 12.9. The number of amides is 1. The van der Waals surface area contributed by atoms with Gasteiger partial charge in [0.25, 0.3) is 5.91 Å². The standard InChI is InChI=1S/C30H23IN2O2/c31-23-11-14-27-26(16-23)28(30(34)32-27)29-25-13-12-24(15-22(25)19-35-29)33(17-20-7-3-1-4-8-20)18-21-9-5-2-6-10-21/h1-16H,17-19H2,(H,32,34)/b29-28+. The number of ether oxygens (including phenoxy) is 1. The van der Waals surface area contributed by atoms with Crippen LogP contribution >= 0.6 is 22.6 Å². The van der Waals surface area contributed by atoms with Gasteiger partial charge in [0.15, 0.2) is 0 Å². The fourth-order valence-corrected chi connectivity index (χ4v) is 5.25. The largest absolute Gasteiger partial charge is 0.487 e. The molecule has 0 bridgehead atoms. The van der Waals surface area contributed by atoms with Crippen molar-refractivity contribution in [3.8, 4) is 0 Å². The minimum Gasteiger partial charge on any atom is -0.487 e. The van der Waals surface area contributed by atoms with Crippen molar-refractivity contribution in [3.05, 3.63) is 128 Å². The molecule has 0 aromatic heterocycles. The van der Waals surface area contributed by atoms with Crippen LogP contribution in [0, 0.1) is 3.57 Å². The predicted octanol–water partition coefficient (Wildman–Crippen LogP) is 6.85. The van der Waals surface area contributed by atoms with Gasteiger partial charge in [-0.05, 0) is 70.1 Å². The molecular formula is C30H23IN2O2. The molecule has 1 amide bonds. The minimum atomic E-state index is -0.108. The van der Waals surface area contributed by atoms with E-state index in [1.165, 1.54) is 11.1 Å². The summed E-state index contributed by atoms with van der Waals surface area (Å²) in [6.45, 7) is 2.06. The molecule has 0 fully saturated rings. The monoisotopic (exact) mass is 570 g/mol. The van der Waals surface area contributed by atoms with Crippen LogP contribution in [0.2, 0.25) is 0 Å². The summed E-state index contributed by atoms with van der Waals surface area (Å²) >= 11 is 2.27. The molecule has 0 unspecified atom stereocenters. The van der Waals surface area contributed by atoms with Gasteiger partial charge in [-0.3, -0.25) is 4.79 Å². The fraction of sp³-hybridized carbons (Fsp3) is 0.100. The summed E-state index contributed by atoms with van der Waals surface area (Å²) in [6.07, 6.45) is 0. The predicted molar refractivity (Wildman–Crippen MR) is 149 cm³/mol. The molecule has 2 aliphatic heterocycles. The lowest BCUT2D eigenvalue weighted by Crippen LogP contribution is -2.22. The fourth-order valence-electron chi connectivity index (χ4n) is 4.76. The number of carbonyl (C=O) groups excluding carboxylic acids is 1. The molecule has 2 aliphatic rings. The van der Waals surface area contributed by atoms with E-state index in [2.05, 4.69) is 99.5 Å². The van der Waals surface area contributed by atoms with Crippen LogP contribution in [0.25, 0.3) is 11.3 Å². The van der Waals surface area contributed by atoms with Gasteiger partial charge < -0.3 is 15.0 Å². The highest BCUT2D eigenvalue weighted by Gasteiger charge is 2.32. The van der Waals surface area contributed by atoms with Crippen LogP contribution in [-0.4, -0.2) is 5.91 Å². The Hall–Kier alpha value is -3.58. The first kappa shape index (κ1) is 21.9. The number of nitrogens with one attached hydrogen (secondary N) is 1. The van der Waals surface area contributed by atoms with Gasteiger partial charge in [0.1, 0.15) is 12.4 Å². The van der Waals surface area contributed by atoms with Gasteiger partial charge in [-0.2, -0.15) is 0 Å². The van der Waals surface area contributed by atoms with Crippen LogP contribution in [-0.2, 0) is 29.2 Å². The van der Waals surface area contributed by atoms with E-state index in [0.717, 1.165) is 44.7 Å². The summed E-state index contributed by atoms with van der Waals surface area (Å²) in [7, 11) is 0. The molecule has 4 aromatic rings. The number of hydrogen-bond donors (Lipinski definition) is 1. The van der Waals surface area contributed by atoms with Gasteiger partial charge in [0.2, 0.25) is 0 Å². The van der Waals surface area contributed by atoms with Crippen LogP contribution in [0.5, 0.6) is 0 Å². The minimum absolute atomic E-state index is 0.108. The molecule has 0 atom stereocenters. The van der Waals surface area contributed by atoms with E-state index in [1.54, 1.807) is 0 Å². The summed E-state index contributed by atoms with van der Waals surface area (Å²) in [5.74, 6) is 0.561. The highest BCUT2D eigenvalue weighted by atomic mass is 127. The second-order valence-corrected chi connectivity index (χ2v) is 10.1. The molecule has 6 rings (SSSR count). The Labute approximate surface area is 218 Å². The van der Waals surface area contributed by atoms with Crippen molar-refractivity contribution in [2.45, 2.75) is 19.7 Å². The van der Waals surface area contributed by atoms with Crippen molar-refractivity contribution >= 4 is 51.2 Å². The molecule has 4 aromatic carbocycles. The van der Waals surface area contributed by atoms with E-state index in [-0.39, 0.29) is 5.91 Å². The molecule has 2 heterocycles. The lowest BCUT2D eigenvalue weighted by molar-refractivity contribution is -0.110. The van der Waals surface area contributed by atoms with Crippen LogP contribution in [0.4, 0.5) is 11.4 Å². The Morgan fingerprint density at radius 1 is 0.800 bits per heavy atom. The Morgan fingerprint density at radius 2 is 1.49 bits per heavy atom. The quantitative estimate of drug-likeness (QED) is 0.211. The average Bonchev–Trinajstić information content (AvgIpc) is 3.43. The average molecular weight is 570 g/mol. The van der Waals surface area contributed by atoms with E-state index in [1.807, 2.05) is 30.3 Å². The van der Waals surface area contributed by atoms with Gasteiger partial charge in [0, 0.05) is 44.7 Å². The van der Waals surface area contributed by atoms with Crippen LogP contribution in [0.15, 0.2) is 97.1 Å². The van der Waals surface area contributed by atoms with E-state index < -0.39 is 0 Å². The second-order valence-electron chi connectivity index (χ2n) is 8.81. The van der Waals surface area contributed by atoms with Gasteiger partial charge in [-0.25, -0.2) is 0 Å². The maximum atomic E-state index is 12.9. The molecule has 35 heavy (non-hydrogen) atoms. The summed E-state index contributed by atoms with van der Waals surface area (Å²) in [4.78, 5) is 15.2. The van der Waals surface area contributed by atoms with Gasteiger partial charge in [-0.1, -0.05) is 60.7 Å². The first-order valence-corrected chi connectivity index (χ1v) is 12.7. The van der Waals surface area contributed by atoms with Crippen molar-refractivity contribution in [2.75, 3.05) is 10.2 Å². The Kier molecular flexibility index (Phi) is 5.78. The van der Waals surface area contributed by atoms with Crippen molar-refractivity contribution in [3.63, 3.8) is 0 Å². The number of hydrogen-bond acceptors (Lipinski definition) is 3. The first-order chi connectivity index (χ1) is 17.2. The summed E-state index contributed by atoms with van der Waals surface area (Å²) in [6, 6.07) is 33.5. The van der Waals surface area contributed by atoms with Crippen molar-refractivity contribution < 1.29 is 9.53 Å². The number of benzene rings is 4. The van der Waals surface area contributed by atoms with Crippen LogP contribution < -0.4 is 10.2 Å². The van der Waals surface area contributed by atoms with Crippen LogP contribution in [0.3, 0.4) is 0 Å². The number of fused-ring (bicyclic) bond motifs is 2. The summed E-state index contributed by atoms with van der Waals surface area (Å²) in [5, 5.41) is 2.98. The zero-order valence-electron chi connectivity index (χ0n) is 19.0. The van der Waals surface area contributed by atoms with Gasteiger partial charge in [0.05, 0.1) is 5.57 Å². The van der Waals surface area contributed by atoms with Crippen molar-refractivity contribution in [2.24, 2.45) is 0 Å². The maximum Gasteiger partial charge on any atom is 0.260 e. The van der Waals surface area contributed by atoms with Gasteiger partial charge in [-0.15, -0.1) is 0 Å². The molecule has 5 heteroatoms. The topological polar surface area (TPSA) is 41.6 Å². The molecular weight excluding hydrogens is 547 g/mol. The summed E-state index contributed by atoms with van der Waals surface area (Å²) in [5.41, 5.74) is 8.11. The van der Waals surface area contributed by atoms with E-state index >= 15 is 0 Å². The number of carbonyl (C=O) groups is 1. The highest BCUT2D eigenvalue weighted by molar-refractivity contribution is 14.1. The Balaban J connectivity index is 1.38. The molecule has 172 valence electrons. The zero-order valence-corrected chi connectivity index (χ0v) is 21.2. The third-order valence-electron chi connectivity index (χ3n) is 6.46. The molecule has 0 aliphatic carbocycles. The van der Waals surface area contributed by atoms with Crippen LogP contribution in [0.1, 0.15) is 27.8 Å². The van der Waals surface area contributed by atoms with Gasteiger partial charge >= 0.3 is 0 Å². The molecule has 0 saturated carbocycles. The van der Waals surface area contributed by atoms with Crippen molar-refractivity contribution in [1.82, 2.24) is 0 Å². The lowest BCUT2D eigenvalue weighted by Gasteiger charge is -2.26. The van der Waals surface area contributed by atoms with Crippen molar-refractivity contribution in [1.29, 1.82) is 0 Å². The molecule has 0 saturated heterocycles. The van der Waals surface area contributed by atoms with E-state index in [4.69, 9.17) is 4.74 Å². The number of nitrogens with zero attached hydrogens (tertiary/aromatic N) is 1. The number of rotatable bonds is 5. The summed E-state index contributed by atoms with van der Waals surface area (Å²) < 4.78 is 7.23. The van der Waals surface area contributed by atoms with E-state index in [9.17, 15) is 4.79 Å². The lowest BCUT2D eigenvalue weighted by atomic mass is 10.00. The molecule has 0 radical (unpaired) electrons. The molecule has 0 spiro atoms. The first-order valence-electron chi connectivity index (χ1n) is 11.6.